The molecule has 5 nitrogen and oxygen atoms in total. The minimum Gasteiger partial charge on any atom is -0.337 e. The van der Waals surface area contributed by atoms with Gasteiger partial charge >= 0.3 is 0 Å². The molecule has 1 aromatic carbocycles. The number of aromatic nitrogens is 2. The lowest BCUT2D eigenvalue weighted by molar-refractivity contribution is 0.154. The molecule has 20 heavy (non-hydrogen) atoms. The van der Waals surface area contributed by atoms with Crippen LogP contribution in [-0.4, -0.2) is 41.2 Å². The Morgan fingerprint density at radius 3 is 2.90 bits per heavy atom. The fraction of sp³-hybridized carbons (Fsp3) is 0.429. The topological polar surface area (TPSA) is 54.2 Å². The van der Waals surface area contributed by atoms with Gasteiger partial charge in [0.1, 0.15) is 0 Å². The van der Waals surface area contributed by atoms with Gasteiger partial charge in [-0.3, -0.25) is 4.90 Å². The van der Waals surface area contributed by atoms with Crippen LogP contribution in [0, 0.1) is 0 Å². The lowest BCUT2D eigenvalue weighted by atomic mass is 10.2. The average molecular weight is 337 g/mol. The van der Waals surface area contributed by atoms with Crippen molar-refractivity contribution in [2.75, 3.05) is 26.2 Å². The minimum atomic E-state index is 0.158. The Morgan fingerprint density at radius 2 is 2.15 bits per heavy atom. The van der Waals surface area contributed by atoms with Gasteiger partial charge in [-0.05, 0) is 19.1 Å². The van der Waals surface area contributed by atoms with E-state index < -0.39 is 0 Å². The Labute approximate surface area is 126 Å². The zero-order valence-corrected chi connectivity index (χ0v) is 12.9. The summed E-state index contributed by atoms with van der Waals surface area (Å²) >= 11 is 3.46. The molecular formula is C14H17BrN4O. The molecule has 1 aromatic heterocycles. The molecule has 1 saturated heterocycles. The first kappa shape index (κ1) is 13.7. The van der Waals surface area contributed by atoms with Gasteiger partial charge < -0.3 is 9.84 Å². The van der Waals surface area contributed by atoms with Crippen LogP contribution in [0.15, 0.2) is 33.3 Å². The number of piperazine rings is 1. The maximum absolute atomic E-state index is 5.44. The van der Waals surface area contributed by atoms with Crippen LogP contribution < -0.4 is 5.32 Å². The molecule has 1 fully saturated rings. The summed E-state index contributed by atoms with van der Waals surface area (Å²) in [4.78, 5) is 6.89. The van der Waals surface area contributed by atoms with Gasteiger partial charge in [0, 0.05) is 36.2 Å². The van der Waals surface area contributed by atoms with Gasteiger partial charge in [0.25, 0.3) is 0 Å². The van der Waals surface area contributed by atoms with Gasteiger partial charge in [0.15, 0.2) is 0 Å². The number of halogens is 1. The van der Waals surface area contributed by atoms with Crippen molar-refractivity contribution in [1.29, 1.82) is 0 Å². The maximum Gasteiger partial charge on any atom is 0.244 e. The number of nitrogens with one attached hydrogen (secondary N) is 1. The van der Waals surface area contributed by atoms with Crippen molar-refractivity contribution in [3.63, 3.8) is 0 Å². The van der Waals surface area contributed by atoms with E-state index in [9.17, 15) is 0 Å². The molecule has 6 heteroatoms. The Hall–Kier alpha value is -1.24. The van der Waals surface area contributed by atoms with E-state index in [1.54, 1.807) is 0 Å². The van der Waals surface area contributed by atoms with Gasteiger partial charge in [-0.25, -0.2) is 0 Å². The number of hydrogen-bond donors (Lipinski definition) is 1. The highest BCUT2D eigenvalue weighted by atomic mass is 79.9. The normalized spacial score (nSPS) is 18.1. The Morgan fingerprint density at radius 1 is 1.35 bits per heavy atom. The van der Waals surface area contributed by atoms with Crippen LogP contribution in [-0.2, 0) is 0 Å². The minimum absolute atomic E-state index is 0.158. The Kier molecular flexibility index (Phi) is 4.14. The van der Waals surface area contributed by atoms with E-state index in [1.807, 2.05) is 24.3 Å². The number of rotatable bonds is 3. The van der Waals surface area contributed by atoms with E-state index >= 15 is 0 Å². The third-order valence-electron chi connectivity index (χ3n) is 3.58. The van der Waals surface area contributed by atoms with Crippen LogP contribution in [0.2, 0.25) is 0 Å². The smallest absolute Gasteiger partial charge is 0.244 e. The molecular weight excluding hydrogens is 320 g/mol. The number of benzene rings is 1. The first-order valence-electron chi connectivity index (χ1n) is 6.78. The van der Waals surface area contributed by atoms with Crippen molar-refractivity contribution >= 4 is 15.9 Å². The average Bonchev–Trinajstić information content (AvgIpc) is 2.97. The highest BCUT2D eigenvalue weighted by Gasteiger charge is 2.23. The fourth-order valence-corrected chi connectivity index (χ4v) is 2.77. The molecule has 2 aromatic rings. The molecule has 1 aliphatic rings. The predicted molar refractivity (Wildman–Crippen MR) is 80.3 cm³/mol. The highest BCUT2D eigenvalue weighted by Crippen LogP contribution is 2.24. The zero-order chi connectivity index (χ0) is 13.9. The summed E-state index contributed by atoms with van der Waals surface area (Å²) in [5.74, 6) is 1.32. The SMILES string of the molecule is CC(c1nc(-c2cccc(Br)c2)no1)N1CCNCC1. The maximum atomic E-state index is 5.44. The molecule has 0 saturated carbocycles. The summed E-state index contributed by atoms with van der Waals surface area (Å²) < 4.78 is 6.45. The molecule has 1 aliphatic heterocycles. The molecule has 1 unspecified atom stereocenters. The first-order chi connectivity index (χ1) is 9.74. The van der Waals surface area contributed by atoms with Crippen molar-refractivity contribution in [1.82, 2.24) is 20.4 Å². The van der Waals surface area contributed by atoms with E-state index in [0.717, 1.165) is 36.2 Å². The third kappa shape index (κ3) is 2.92. The highest BCUT2D eigenvalue weighted by molar-refractivity contribution is 9.10. The van der Waals surface area contributed by atoms with E-state index in [4.69, 9.17) is 4.52 Å². The quantitative estimate of drug-likeness (QED) is 0.933. The molecule has 106 valence electrons. The van der Waals surface area contributed by atoms with Crippen LogP contribution in [0.5, 0.6) is 0 Å². The lowest BCUT2D eigenvalue weighted by Gasteiger charge is -2.30. The largest absolute Gasteiger partial charge is 0.337 e. The Balaban J connectivity index is 1.79. The monoisotopic (exact) mass is 336 g/mol. The second-order valence-electron chi connectivity index (χ2n) is 4.93. The number of nitrogens with zero attached hydrogens (tertiary/aromatic N) is 3. The van der Waals surface area contributed by atoms with E-state index in [1.165, 1.54) is 0 Å². The van der Waals surface area contributed by atoms with Gasteiger partial charge in [-0.1, -0.05) is 33.2 Å². The molecule has 2 heterocycles. The van der Waals surface area contributed by atoms with E-state index in [2.05, 4.69) is 43.2 Å². The lowest BCUT2D eigenvalue weighted by Crippen LogP contribution is -2.44. The van der Waals surface area contributed by atoms with Crippen molar-refractivity contribution in [3.05, 3.63) is 34.6 Å². The van der Waals surface area contributed by atoms with Gasteiger partial charge in [0.2, 0.25) is 11.7 Å². The van der Waals surface area contributed by atoms with Crippen molar-refractivity contribution in [2.24, 2.45) is 0 Å². The zero-order valence-electron chi connectivity index (χ0n) is 11.3. The van der Waals surface area contributed by atoms with Gasteiger partial charge in [-0.15, -0.1) is 0 Å². The predicted octanol–water partition coefficient (Wildman–Crippen LogP) is 2.47. The summed E-state index contributed by atoms with van der Waals surface area (Å²) in [6.07, 6.45) is 0. The van der Waals surface area contributed by atoms with Crippen LogP contribution >= 0.6 is 15.9 Å². The molecule has 0 spiro atoms. The van der Waals surface area contributed by atoms with Gasteiger partial charge in [0.05, 0.1) is 6.04 Å². The standard InChI is InChI=1S/C14H17BrN4O/c1-10(19-7-5-16-6-8-19)14-17-13(18-20-14)11-3-2-4-12(15)9-11/h2-4,9-10,16H,5-8H2,1H3. The second kappa shape index (κ2) is 6.03. The van der Waals surface area contributed by atoms with Crippen molar-refractivity contribution < 1.29 is 4.52 Å². The van der Waals surface area contributed by atoms with E-state index in [-0.39, 0.29) is 6.04 Å². The first-order valence-corrected chi connectivity index (χ1v) is 7.57. The summed E-state index contributed by atoms with van der Waals surface area (Å²) in [6, 6.07) is 8.08. The third-order valence-corrected chi connectivity index (χ3v) is 4.07. The molecule has 0 bridgehead atoms. The molecule has 3 rings (SSSR count). The van der Waals surface area contributed by atoms with Crippen LogP contribution in [0.3, 0.4) is 0 Å². The van der Waals surface area contributed by atoms with E-state index in [0.29, 0.717) is 11.7 Å². The van der Waals surface area contributed by atoms with Crippen molar-refractivity contribution in [2.45, 2.75) is 13.0 Å². The summed E-state index contributed by atoms with van der Waals surface area (Å²) in [6.45, 7) is 6.16. The second-order valence-corrected chi connectivity index (χ2v) is 5.84. The molecule has 0 amide bonds. The van der Waals surface area contributed by atoms with Gasteiger partial charge in [-0.2, -0.15) is 4.98 Å². The Bertz CT molecular complexity index is 580. The fourth-order valence-electron chi connectivity index (χ4n) is 2.38. The van der Waals surface area contributed by atoms with Crippen LogP contribution in [0.1, 0.15) is 18.9 Å². The number of hydrogen-bond acceptors (Lipinski definition) is 5. The van der Waals surface area contributed by atoms with Crippen molar-refractivity contribution in [3.8, 4) is 11.4 Å². The molecule has 1 N–H and O–H groups in total. The summed E-state index contributed by atoms with van der Waals surface area (Å²) in [5, 5.41) is 7.44. The molecule has 1 atom stereocenters. The van der Waals surface area contributed by atoms with Crippen LogP contribution in [0.4, 0.5) is 0 Å². The molecule has 0 aliphatic carbocycles. The molecule has 0 radical (unpaired) electrons. The van der Waals surface area contributed by atoms with Crippen LogP contribution in [0.25, 0.3) is 11.4 Å². The summed E-state index contributed by atoms with van der Waals surface area (Å²) in [7, 11) is 0. The summed E-state index contributed by atoms with van der Waals surface area (Å²) in [5.41, 5.74) is 0.960.